The van der Waals surface area contributed by atoms with Crippen LogP contribution in [0.15, 0.2) is 12.1 Å². The minimum Gasteiger partial charge on any atom is -0.478 e. The van der Waals surface area contributed by atoms with Gasteiger partial charge >= 0.3 is 5.97 Å². The van der Waals surface area contributed by atoms with E-state index in [-0.39, 0.29) is 10.6 Å². The van der Waals surface area contributed by atoms with Crippen LogP contribution in [0.4, 0.5) is 4.39 Å². The molecule has 68 valence electrons. The number of carbonyl (C=O) groups excluding carboxylic acids is 1. The van der Waals surface area contributed by atoms with Crippen molar-refractivity contribution in [1.82, 2.24) is 0 Å². The lowest BCUT2D eigenvalue weighted by Crippen LogP contribution is -2.02. The highest BCUT2D eigenvalue weighted by molar-refractivity contribution is 6.33. The van der Waals surface area contributed by atoms with Crippen molar-refractivity contribution in [3.63, 3.8) is 0 Å². The molecule has 0 fully saturated rings. The van der Waals surface area contributed by atoms with Gasteiger partial charge in [0.2, 0.25) is 0 Å². The average molecular weight is 203 g/mol. The van der Waals surface area contributed by atoms with Crippen LogP contribution in [0.5, 0.6) is 0 Å². The van der Waals surface area contributed by atoms with Crippen molar-refractivity contribution in [3.8, 4) is 0 Å². The Morgan fingerprint density at radius 2 is 2.15 bits per heavy atom. The predicted octanol–water partition coefficient (Wildman–Crippen LogP) is 1.99. The summed E-state index contributed by atoms with van der Waals surface area (Å²) in [6.07, 6.45) is 0.389. The minimum absolute atomic E-state index is 0.00694. The molecule has 0 aliphatic heterocycles. The zero-order valence-corrected chi connectivity index (χ0v) is 7.01. The van der Waals surface area contributed by atoms with Crippen molar-refractivity contribution in [1.29, 1.82) is 0 Å². The first-order valence-corrected chi connectivity index (χ1v) is 3.61. The maximum absolute atomic E-state index is 12.9. The summed E-state index contributed by atoms with van der Waals surface area (Å²) in [5.74, 6) is -2.47. The summed E-state index contributed by atoms with van der Waals surface area (Å²) in [5.41, 5.74) is -0.611. The van der Waals surface area contributed by atoms with E-state index in [0.29, 0.717) is 6.29 Å². The van der Waals surface area contributed by atoms with E-state index in [2.05, 4.69) is 0 Å². The van der Waals surface area contributed by atoms with E-state index < -0.39 is 17.3 Å². The molecule has 0 aromatic heterocycles. The molecule has 0 saturated heterocycles. The number of hydrogen-bond acceptors (Lipinski definition) is 2. The van der Waals surface area contributed by atoms with Gasteiger partial charge in [-0.05, 0) is 12.1 Å². The third kappa shape index (κ3) is 1.84. The summed E-state index contributed by atoms with van der Waals surface area (Å²) in [7, 11) is 0. The molecule has 0 radical (unpaired) electrons. The molecule has 0 unspecified atom stereocenters. The summed E-state index contributed by atoms with van der Waals surface area (Å²) in [6, 6.07) is 1.92. The molecule has 0 spiro atoms. The van der Waals surface area contributed by atoms with Gasteiger partial charge in [0.25, 0.3) is 0 Å². The van der Waals surface area contributed by atoms with Crippen LogP contribution in [0.3, 0.4) is 0 Å². The zero-order chi connectivity index (χ0) is 10.0. The highest BCUT2D eigenvalue weighted by Crippen LogP contribution is 2.20. The quantitative estimate of drug-likeness (QED) is 0.747. The molecule has 13 heavy (non-hydrogen) atoms. The molecule has 0 saturated carbocycles. The van der Waals surface area contributed by atoms with E-state index in [4.69, 9.17) is 16.7 Å². The van der Waals surface area contributed by atoms with Gasteiger partial charge < -0.3 is 5.11 Å². The summed E-state index contributed by atoms with van der Waals surface area (Å²) < 4.78 is 12.9. The third-order valence-corrected chi connectivity index (χ3v) is 1.71. The van der Waals surface area contributed by atoms with Gasteiger partial charge in [0.15, 0.2) is 0 Å². The molecule has 0 atom stereocenters. The lowest BCUT2D eigenvalue weighted by molar-refractivity contribution is 0.0691. The van der Waals surface area contributed by atoms with Gasteiger partial charge in [0.05, 0.1) is 5.02 Å². The Kier molecular flexibility index (Phi) is 2.63. The second-order valence-electron chi connectivity index (χ2n) is 2.28. The topological polar surface area (TPSA) is 54.4 Å². The lowest BCUT2D eigenvalue weighted by Gasteiger charge is -2.00. The number of carboxylic acid groups (broad SMARTS) is 1. The van der Waals surface area contributed by atoms with Crippen molar-refractivity contribution in [3.05, 3.63) is 34.1 Å². The maximum Gasteiger partial charge on any atom is 0.340 e. The first-order valence-electron chi connectivity index (χ1n) is 3.23. The van der Waals surface area contributed by atoms with Gasteiger partial charge in [-0.1, -0.05) is 11.6 Å². The molecule has 5 heteroatoms. The Morgan fingerprint density at radius 3 is 2.54 bits per heavy atom. The molecule has 1 aromatic rings. The van der Waals surface area contributed by atoms with Gasteiger partial charge in [-0.2, -0.15) is 0 Å². The van der Waals surface area contributed by atoms with Gasteiger partial charge in [0, 0.05) is 5.56 Å². The Morgan fingerprint density at radius 1 is 1.54 bits per heavy atom. The smallest absolute Gasteiger partial charge is 0.340 e. The monoisotopic (exact) mass is 202 g/mol. The number of carbonyl (C=O) groups is 2. The largest absolute Gasteiger partial charge is 0.478 e. The van der Waals surface area contributed by atoms with Crippen molar-refractivity contribution in [2.45, 2.75) is 0 Å². The van der Waals surface area contributed by atoms with Crippen LogP contribution in [-0.4, -0.2) is 17.4 Å². The van der Waals surface area contributed by atoms with E-state index in [0.717, 1.165) is 12.1 Å². The molecular formula is C8H4ClFO3. The number of benzene rings is 1. The van der Waals surface area contributed by atoms with Crippen LogP contribution in [0.1, 0.15) is 20.7 Å². The molecule has 0 amide bonds. The fraction of sp³-hybridized carbons (Fsp3) is 0. The molecule has 0 heterocycles. The normalized spacial score (nSPS) is 9.69. The van der Waals surface area contributed by atoms with Gasteiger partial charge in [-0.15, -0.1) is 0 Å². The van der Waals surface area contributed by atoms with E-state index >= 15 is 0 Å². The van der Waals surface area contributed by atoms with Gasteiger partial charge in [-0.25, -0.2) is 9.18 Å². The lowest BCUT2D eigenvalue weighted by atomic mass is 10.1. The highest BCUT2D eigenvalue weighted by Gasteiger charge is 2.15. The number of halogens is 2. The Labute approximate surface area is 77.7 Å². The number of aldehydes is 1. The minimum atomic E-state index is -1.46. The Hall–Kier alpha value is -1.42. The average Bonchev–Trinajstić information content (AvgIpc) is 2.02. The Bertz CT molecular complexity index is 353. The second kappa shape index (κ2) is 3.53. The van der Waals surface area contributed by atoms with E-state index in [1.54, 1.807) is 0 Å². The third-order valence-electron chi connectivity index (χ3n) is 1.41. The fourth-order valence-corrected chi connectivity index (χ4v) is 1.16. The molecule has 3 nitrogen and oxygen atoms in total. The van der Waals surface area contributed by atoms with Crippen LogP contribution in [-0.2, 0) is 0 Å². The van der Waals surface area contributed by atoms with Crippen LogP contribution in [0, 0.1) is 5.82 Å². The number of carboxylic acids is 1. The van der Waals surface area contributed by atoms with Crippen molar-refractivity contribution in [2.24, 2.45) is 0 Å². The van der Waals surface area contributed by atoms with E-state index in [1.165, 1.54) is 0 Å². The van der Waals surface area contributed by atoms with Gasteiger partial charge in [0.1, 0.15) is 17.7 Å². The molecule has 0 aliphatic carbocycles. The van der Waals surface area contributed by atoms with E-state index in [9.17, 15) is 14.0 Å². The summed E-state index contributed by atoms with van der Waals surface area (Å²) >= 11 is 5.43. The molecule has 0 aliphatic rings. The fourth-order valence-electron chi connectivity index (χ4n) is 0.865. The number of hydrogen-bond donors (Lipinski definition) is 1. The first kappa shape index (κ1) is 9.67. The molecule has 1 rings (SSSR count). The maximum atomic E-state index is 12.9. The van der Waals surface area contributed by atoms with Crippen molar-refractivity contribution in [2.75, 3.05) is 0 Å². The zero-order valence-electron chi connectivity index (χ0n) is 6.25. The highest BCUT2D eigenvalue weighted by atomic mass is 35.5. The molecule has 1 aromatic carbocycles. The second-order valence-corrected chi connectivity index (χ2v) is 2.69. The van der Waals surface area contributed by atoms with Crippen LogP contribution in [0.25, 0.3) is 0 Å². The molecule has 1 N–H and O–H groups in total. The van der Waals surface area contributed by atoms with Crippen molar-refractivity contribution < 1.29 is 19.1 Å². The van der Waals surface area contributed by atoms with Crippen LogP contribution >= 0.6 is 11.6 Å². The van der Waals surface area contributed by atoms with Crippen molar-refractivity contribution >= 4 is 23.9 Å². The number of aromatic carboxylic acids is 1. The molecular weight excluding hydrogens is 199 g/mol. The SMILES string of the molecule is O=Cc1cc(F)c(C(=O)O)c(Cl)c1. The summed E-state index contributed by atoms with van der Waals surface area (Å²) in [5, 5.41) is 8.21. The van der Waals surface area contributed by atoms with Crippen LogP contribution < -0.4 is 0 Å². The van der Waals surface area contributed by atoms with E-state index in [1.807, 2.05) is 0 Å². The molecule has 0 bridgehead atoms. The summed E-state index contributed by atoms with van der Waals surface area (Å²) in [6.45, 7) is 0. The first-order chi connectivity index (χ1) is 6.06. The summed E-state index contributed by atoms with van der Waals surface area (Å²) in [4.78, 5) is 20.6. The standard InChI is InChI=1S/C8H4ClFO3/c9-5-1-4(3-11)2-6(10)7(5)8(12)13/h1-3H,(H,12,13). The number of rotatable bonds is 2. The Balaban J connectivity index is 3.39. The van der Waals surface area contributed by atoms with Gasteiger partial charge in [-0.3, -0.25) is 4.79 Å². The predicted molar refractivity (Wildman–Crippen MR) is 43.8 cm³/mol. The van der Waals surface area contributed by atoms with Crippen LogP contribution in [0.2, 0.25) is 5.02 Å².